The molecule has 0 fully saturated rings. The molecule has 0 aromatic heterocycles. The van der Waals surface area contributed by atoms with E-state index in [2.05, 4.69) is 0 Å². The minimum atomic E-state index is -0.375. The lowest BCUT2D eigenvalue weighted by molar-refractivity contribution is -0.135. The van der Waals surface area contributed by atoms with E-state index in [0.717, 1.165) is 5.56 Å². The van der Waals surface area contributed by atoms with Crippen LogP contribution in [0.25, 0.3) is 0 Å². The first-order valence-corrected chi connectivity index (χ1v) is 4.68. The van der Waals surface area contributed by atoms with Gasteiger partial charge in [0.15, 0.2) is 0 Å². The predicted molar refractivity (Wildman–Crippen MR) is 51.7 cm³/mol. The topological polar surface area (TPSA) is 52.6 Å². The second-order valence-corrected chi connectivity index (χ2v) is 3.30. The van der Waals surface area contributed by atoms with Crippen molar-refractivity contribution >= 4 is 11.9 Å². The third-order valence-electron chi connectivity index (χ3n) is 2.15. The highest BCUT2D eigenvalue weighted by atomic mass is 16.5. The van der Waals surface area contributed by atoms with Crippen molar-refractivity contribution in [2.75, 3.05) is 0 Å². The summed E-state index contributed by atoms with van der Waals surface area (Å²) in [5, 5.41) is 0. The van der Waals surface area contributed by atoms with Crippen molar-refractivity contribution in [1.82, 2.24) is 0 Å². The molecule has 4 nitrogen and oxygen atoms in total. The summed E-state index contributed by atoms with van der Waals surface area (Å²) in [6, 6.07) is 5.08. The fourth-order valence-corrected chi connectivity index (χ4v) is 1.54. The zero-order valence-electron chi connectivity index (χ0n) is 8.28. The lowest BCUT2D eigenvalue weighted by Crippen LogP contribution is -2.17. The zero-order chi connectivity index (χ0) is 10.8. The van der Waals surface area contributed by atoms with E-state index in [9.17, 15) is 9.59 Å². The predicted octanol–water partition coefficient (Wildman–Crippen LogP) is 1.46. The van der Waals surface area contributed by atoms with Gasteiger partial charge in [-0.05, 0) is 18.6 Å². The number of carbonyl (C=O) groups excluding carboxylic acids is 2. The maximum Gasteiger partial charge on any atom is 0.311 e. The van der Waals surface area contributed by atoms with Crippen LogP contribution in [0, 0.1) is 0 Å². The summed E-state index contributed by atoms with van der Waals surface area (Å²) in [7, 11) is 0. The summed E-state index contributed by atoms with van der Waals surface area (Å²) >= 11 is 0. The average molecular weight is 206 g/mol. The van der Waals surface area contributed by atoms with E-state index in [4.69, 9.17) is 9.47 Å². The van der Waals surface area contributed by atoms with Gasteiger partial charge in [0.1, 0.15) is 11.5 Å². The molecule has 0 saturated heterocycles. The highest BCUT2D eigenvalue weighted by Gasteiger charge is 2.20. The van der Waals surface area contributed by atoms with Gasteiger partial charge in [-0.2, -0.15) is 0 Å². The smallest absolute Gasteiger partial charge is 0.311 e. The molecule has 0 atom stereocenters. The van der Waals surface area contributed by atoms with Gasteiger partial charge in [-0.15, -0.1) is 0 Å². The van der Waals surface area contributed by atoms with Crippen LogP contribution in [0.5, 0.6) is 11.5 Å². The monoisotopic (exact) mass is 206 g/mol. The number of hydrogen-bond acceptors (Lipinski definition) is 4. The molecule has 1 aliphatic rings. The van der Waals surface area contributed by atoms with E-state index in [1.165, 1.54) is 6.92 Å². The molecular formula is C11H10O4. The fourth-order valence-electron chi connectivity index (χ4n) is 1.54. The first-order chi connectivity index (χ1) is 7.16. The van der Waals surface area contributed by atoms with Gasteiger partial charge in [0.05, 0.1) is 6.42 Å². The quantitative estimate of drug-likeness (QED) is 0.515. The molecule has 15 heavy (non-hydrogen) atoms. The van der Waals surface area contributed by atoms with E-state index in [-0.39, 0.29) is 11.9 Å². The molecule has 0 saturated carbocycles. The Bertz CT molecular complexity index is 423. The minimum absolute atomic E-state index is 0.248. The van der Waals surface area contributed by atoms with Crippen LogP contribution >= 0.6 is 0 Å². The maximum atomic E-state index is 11.0. The van der Waals surface area contributed by atoms with E-state index < -0.39 is 0 Å². The van der Waals surface area contributed by atoms with Crippen molar-refractivity contribution in [2.24, 2.45) is 0 Å². The molecule has 0 N–H and O–H groups in total. The molecule has 1 aromatic carbocycles. The zero-order valence-corrected chi connectivity index (χ0v) is 8.28. The highest BCUT2D eigenvalue weighted by molar-refractivity contribution is 5.77. The Labute approximate surface area is 86.8 Å². The summed E-state index contributed by atoms with van der Waals surface area (Å²) < 4.78 is 10.0. The van der Waals surface area contributed by atoms with E-state index >= 15 is 0 Å². The summed E-state index contributed by atoms with van der Waals surface area (Å²) in [5.41, 5.74) is 0.785. The SMILES string of the molecule is CC(=O)Oc1cccc2c1CCC(=O)O2. The van der Waals surface area contributed by atoms with Gasteiger partial charge >= 0.3 is 11.9 Å². The largest absolute Gasteiger partial charge is 0.426 e. The van der Waals surface area contributed by atoms with E-state index in [1.54, 1.807) is 18.2 Å². The van der Waals surface area contributed by atoms with E-state index in [0.29, 0.717) is 24.3 Å². The third-order valence-corrected chi connectivity index (χ3v) is 2.15. The summed E-state index contributed by atoms with van der Waals surface area (Å²) in [5.74, 6) is 0.347. The van der Waals surface area contributed by atoms with Crippen LogP contribution in [-0.4, -0.2) is 11.9 Å². The molecule has 78 valence electrons. The molecule has 4 heteroatoms. The van der Waals surface area contributed by atoms with Gasteiger partial charge in [-0.25, -0.2) is 0 Å². The Balaban J connectivity index is 2.37. The molecule has 0 amide bonds. The lowest BCUT2D eigenvalue weighted by Gasteiger charge is -2.17. The standard InChI is InChI=1S/C11H10O4/c1-7(12)14-9-3-2-4-10-8(9)5-6-11(13)15-10/h2-4H,5-6H2,1H3. The Morgan fingerprint density at radius 1 is 1.40 bits per heavy atom. The van der Waals surface area contributed by atoms with E-state index in [1.807, 2.05) is 0 Å². The first kappa shape index (κ1) is 9.71. The summed E-state index contributed by atoms with van der Waals surface area (Å²) in [6.45, 7) is 1.34. The van der Waals surface area contributed by atoms with Crippen molar-refractivity contribution in [3.05, 3.63) is 23.8 Å². The van der Waals surface area contributed by atoms with Gasteiger partial charge < -0.3 is 9.47 Å². The summed E-state index contributed by atoms with van der Waals surface area (Å²) in [6.07, 6.45) is 0.878. The Kier molecular flexibility index (Phi) is 2.41. The lowest BCUT2D eigenvalue weighted by atomic mass is 10.1. The molecule has 1 aliphatic heterocycles. The van der Waals surface area contributed by atoms with Crippen LogP contribution in [0.4, 0.5) is 0 Å². The second kappa shape index (κ2) is 3.73. The van der Waals surface area contributed by atoms with Crippen LogP contribution < -0.4 is 9.47 Å². The van der Waals surface area contributed by atoms with Crippen LogP contribution in [0.2, 0.25) is 0 Å². The van der Waals surface area contributed by atoms with Gasteiger partial charge in [-0.1, -0.05) is 6.07 Å². The van der Waals surface area contributed by atoms with Crippen molar-refractivity contribution in [2.45, 2.75) is 19.8 Å². The van der Waals surface area contributed by atoms with Crippen LogP contribution in [-0.2, 0) is 16.0 Å². The van der Waals surface area contributed by atoms with Crippen LogP contribution in [0.1, 0.15) is 18.9 Å². The number of rotatable bonds is 1. The molecule has 1 heterocycles. The first-order valence-electron chi connectivity index (χ1n) is 4.68. The van der Waals surface area contributed by atoms with Crippen molar-refractivity contribution in [3.63, 3.8) is 0 Å². The average Bonchev–Trinajstić information content (AvgIpc) is 2.16. The Morgan fingerprint density at radius 2 is 2.20 bits per heavy atom. The Morgan fingerprint density at radius 3 is 2.93 bits per heavy atom. The molecule has 0 spiro atoms. The number of carbonyl (C=O) groups is 2. The normalized spacial score (nSPS) is 14.1. The van der Waals surface area contributed by atoms with Gasteiger partial charge in [0, 0.05) is 12.5 Å². The van der Waals surface area contributed by atoms with Crippen LogP contribution in [0.3, 0.4) is 0 Å². The molecule has 2 rings (SSSR count). The van der Waals surface area contributed by atoms with Crippen molar-refractivity contribution < 1.29 is 19.1 Å². The minimum Gasteiger partial charge on any atom is -0.426 e. The number of esters is 2. The van der Waals surface area contributed by atoms with Crippen molar-refractivity contribution in [3.8, 4) is 11.5 Å². The number of ether oxygens (including phenoxy) is 2. The van der Waals surface area contributed by atoms with Crippen LogP contribution in [0.15, 0.2) is 18.2 Å². The van der Waals surface area contributed by atoms with Crippen molar-refractivity contribution in [1.29, 1.82) is 0 Å². The van der Waals surface area contributed by atoms with Gasteiger partial charge in [-0.3, -0.25) is 9.59 Å². The highest BCUT2D eigenvalue weighted by Crippen LogP contribution is 2.33. The number of fused-ring (bicyclic) bond motifs is 1. The number of hydrogen-bond donors (Lipinski definition) is 0. The Hall–Kier alpha value is -1.84. The maximum absolute atomic E-state index is 11.0. The summed E-state index contributed by atoms with van der Waals surface area (Å²) in [4.78, 5) is 21.9. The molecule has 0 radical (unpaired) electrons. The molecule has 0 aliphatic carbocycles. The molecular weight excluding hydrogens is 196 g/mol. The second-order valence-electron chi connectivity index (χ2n) is 3.30. The number of benzene rings is 1. The molecule has 0 unspecified atom stereocenters. The van der Waals surface area contributed by atoms with Gasteiger partial charge in [0.2, 0.25) is 0 Å². The molecule has 0 bridgehead atoms. The fraction of sp³-hybridized carbons (Fsp3) is 0.273. The van der Waals surface area contributed by atoms with Gasteiger partial charge in [0.25, 0.3) is 0 Å². The third kappa shape index (κ3) is 1.98. The molecule has 1 aromatic rings.